The van der Waals surface area contributed by atoms with Gasteiger partial charge in [-0.1, -0.05) is 91.0 Å². The van der Waals surface area contributed by atoms with E-state index in [0.717, 1.165) is 21.3 Å². The van der Waals surface area contributed by atoms with Crippen molar-refractivity contribution in [1.29, 1.82) is 0 Å². The van der Waals surface area contributed by atoms with Crippen molar-refractivity contribution < 1.29 is 0 Å². The van der Waals surface area contributed by atoms with Crippen LogP contribution in [-0.4, -0.2) is 14.5 Å². The van der Waals surface area contributed by atoms with Crippen LogP contribution >= 0.6 is 15.9 Å². The van der Waals surface area contributed by atoms with Crippen molar-refractivity contribution in [2.75, 3.05) is 0 Å². The van der Waals surface area contributed by atoms with E-state index in [1.54, 1.807) is 6.20 Å². The van der Waals surface area contributed by atoms with Gasteiger partial charge in [-0.2, -0.15) is 0 Å². The molecule has 0 N–H and O–H groups in total. The second-order valence-corrected chi connectivity index (χ2v) is 8.17. The molecule has 5 aromatic rings. The van der Waals surface area contributed by atoms with Crippen molar-refractivity contribution in [1.82, 2.24) is 14.5 Å². The van der Waals surface area contributed by atoms with E-state index in [1.807, 2.05) is 0 Å². The SMILES string of the molecule is Cc1cn(C(c2ccccc2)(c2ccccc2)c2ccccc2)c2ncc(Br)nc12. The summed E-state index contributed by atoms with van der Waals surface area (Å²) in [7, 11) is 0. The third kappa shape index (κ3) is 2.87. The molecule has 0 saturated heterocycles. The van der Waals surface area contributed by atoms with Crippen molar-refractivity contribution >= 4 is 27.1 Å². The van der Waals surface area contributed by atoms with Gasteiger partial charge in [-0.15, -0.1) is 0 Å². The summed E-state index contributed by atoms with van der Waals surface area (Å²) < 4.78 is 3.01. The highest BCUT2D eigenvalue weighted by atomic mass is 79.9. The van der Waals surface area contributed by atoms with Crippen LogP contribution in [0.2, 0.25) is 0 Å². The second kappa shape index (κ2) is 7.54. The minimum Gasteiger partial charge on any atom is -0.312 e. The zero-order valence-electron chi connectivity index (χ0n) is 16.5. The zero-order chi connectivity index (χ0) is 20.6. The number of benzene rings is 3. The molecule has 3 aromatic carbocycles. The van der Waals surface area contributed by atoms with E-state index in [2.05, 4.69) is 125 Å². The molecule has 0 spiro atoms. The number of aryl methyl sites for hydroxylation is 1. The molecule has 0 radical (unpaired) electrons. The molecule has 0 aliphatic carbocycles. The predicted molar refractivity (Wildman–Crippen MR) is 125 cm³/mol. The van der Waals surface area contributed by atoms with Crippen LogP contribution in [0.15, 0.2) is 108 Å². The fourth-order valence-electron chi connectivity index (χ4n) is 4.33. The van der Waals surface area contributed by atoms with Crippen LogP contribution in [0.4, 0.5) is 0 Å². The first-order valence-electron chi connectivity index (χ1n) is 9.88. The number of hydrogen-bond acceptors (Lipinski definition) is 2. The maximum atomic E-state index is 4.80. The topological polar surface area (TPSA) is 30.7 Å². The van der Waals surface area contributed by atoms with Gasteiger partial charge in [0.05, 0.1) is 6.20 Å². The van der Waals surface area contributed by atoms with Gasteiger partial charge in [0, 0.05) is 6.20 Å². The van der Waals surface area contributed by atoms with Gasteiger partial charge in [0.2, 0.25) is 0 Å². The Morgan fingerprint density at radius 3 is 1.67 bits per heavy atom. The van der Waals surface area contributed by atoms with Crippen molar-refractivity contribution in [3.63, 3.8) is 0 Å². The Kier molecular flexibility index (Phi) is 4.72. The van der Waals surface area contributed by atoms with E-state index in [-0.39, 0.29) is 0 Å². The standard InChI is InChI=1S/C26H20BrN3/c1-19-18-30(25-24(19)29-23(27)17-28-25)26(20-11-5-2-6-12-20,21-13-7-3-8-14-21)22-15-9-4-10-16-22/h2-18H,1H3. The summed E-state index contributed by atoms with van der Waals surface area (Å²) in [5, 5.41) is 0. The van der Waals surface area contributed by atoms with Crippen molar-refractivity contribution in [2.24, 2.45) is 0 Å². The highest BCUT2D eigenvalue weighted by Gasteiger charge is 2.39. The fourth-order valence-corrected chi connectivity index (χ4v) is 4.61. The van der Waals surface area contributed by atoms with E-state index in [4.69, 9.17) is 9.97 Å². The first kappa shape index (κ1) is 18.8. The average molecular weight is 454 g/mol. The molecular weight excluding hydrogens is 434 g/mol. The molecule has 0 fully saturated rings. The molecule has 0 amide bonds. The number of nitrogens with zero attached hydrogens (tertiary/aromatic N) is 3. The summed E-state index contributed by atoms with van der Waals surface area (Å²) in [5.74, 6) is 0. The van der Waals surface area contributed by atoms with Crippen LogP contribution in [-0.2, 0) is 5.54 Å². The number of rotatable bonds is 4. The zero-order valence-corrected chi connectivity index (χ0v) is 18.1. The molecule has 4 heteroatoms. The Bertz CT molecular complexity index is 1200. The van der Waals surface area contributed by atoms with Gasteiger partial charge in [0.15, 0.2) is 5.65 Å². The molecule has 0 unspecified atom stereocenters. The summed E-state index contributed by atoms with van der Waals surface area (Å²) in [6.45, 7) is 2.09. The molecule has 0 bridgehead atoms. The lowest BCUT2D eigenvalue weighted by molar-refractivity contribution is 0.529. The lowest BCUT2D eigenvalue weighted by Crippen LogP contribution is -2.37. The van der Waals surface area contributed by atoms with Gasteiger partial charge in [-0.25, -0.2) is 9.97 Å². The highest BCUT2D eigenvalue weighted by Crippen LogP contribution is 2.43. The Balaban J connectivity index is 1.98. The smallest absolute Gasteiger partial charge is 0.160 e. The van der Waals surface area contributed by atoms with Gasteiger partial charge in [0.1, 0.15) is 15.7 Å². The molecule has 5 rings (SSSR count). The molecule has 146 valence electrons. The van der Waals surface area contributed by atoms with E-state index in [9.17, 15) is 0 Å². The Hall–Kier alpha value is -3.24. The van der Waals surface area contributed by atoms with E-state index < -0.39 is 5.54 Å². The normalized spacial score (nSPS) is 11.7. The molecular formula is C26H20BrN3. The van der Waals surface area contributed by atoms with E-state index >= 15 is 0 Å². The molecule has 0 aliphatic rings. The summed E-state index contributed by atoms with van der Waals surface area (Å²) >= 11 is 3.48. The maximum absolute atomic E-state index is 4.80. The van der Waals surface area contributed by atoms with Crippen molar-refractivity contribution in [3.05, 3.63) is 130 Å². The fraction of sp³-hybridized carbons (Fsp3) is 0.0769. The monoisotopic (exact) mass is 453 g/mol. The first-order valence-corrected chi connectivity index (χ1v) is 10.7. The number of fused-ring (bicyclic) bond motifs is 1. The summed E-state index contributed by atoms with van der Waals surface area (Å²) in [6.07, 6.45) is 3.94. The third-order valence-electron chi connectivity index (χ3n) is 5.58. The minimum absolute atomic E-state index is 0.585. The Morgan fingerprint density at radius 1 is 0.733 bits per heavy atom. The van der Waals surface area contributed by atoms with Crippen LogP contribution in [0.25, 0.3) is 11.2 Å². The second-order valence-electron chi connectivity index (χ2n) is 7.36. The van der Waals surface area contributed by atoms with Gasteiger partial charge < -0.3 is 4.57 Å². The molecule has 0 atom stereocenters. The average Bonchev–Trinajstić information content (AvgIpc) is 3.12. The number of aromatic nitrogens is 3. The van der Waals surface area contributed by atoms with Gasteiger partial charge in [-0.05, 0) is 45.1 Å². The van der Waals surface area contributed by atoms with Crippen LogP contribution in [0.5, 0.6) is 0 Å². The van der Waals surface area contributed by atoms with Crippen LogP contribution in [0.1, 0.15) is 22.3 Å². The van der Waals surface area contributed by atoms with Crippen LogP contribution in [0.3, 0.4) is 0 Å². The Labute approximate surface area is 184 Å². The maximum Gasteiger partial charge on any atom is 0.160 e. The third-order valence-corrected chi connectivity index (χ3v) is 5.97. The Morgan fingerprint density at radius 2 is 1.20 bits per heavy atom. The van der Waals surface area contributed by atoms with E-state index in [0.29, 0.717) is 0 Å². The molecule has 0 saturated carbocycles. The molecule has 3 nitrogen and oxygen atoms in total. The largest absolute Gasteiger partial charge is 0.312 e. The highest BCUT2D eigenvalue weighted by molar-refractivity contribution is 9.10. The van der Waals surface area contributed by atoms with Crippen molar-refractivity contribution in [2.45, 2.75) is 12.5 Å². The summed E-state index contributed by atoms with van der Waals surface area (Å²) in [6, 6.07) is 31.9. The lowest BCUT2D eigenvalue weighted by Gasteiger charge is -2.38. The quantitative estimate of drug-likeness (QED) is 0.297. The van der Waals surface area contributed by atoms with Crippen LogP contribution < -0.4 is 0 Å². The summed E-state index contributed by atoms with van der Waals surface area (Å²) in [5.41, 5.74) is 5.77. The lowest BCUT2D eigenvalue weighted by atomic mass is 9.76. The van der Waals surface area contributed by atoms with Crippen molar-refractivity contribution in [3.8, 4) is 0 Å². The number of hydrogen-bond donors (Lipinski definition) is 0. The van der Waals surface area contributed by atoms with E-state index in [1.165, 1.54) is 16.7 Å². The predicted octanol–water partition coefficient (Wildman–Crippen LogP) is 6.34. The summed E-state index contributed by atoms with van der Waals surface area (Å²) in [4.78, 5) is 9.52. The molecule has 2 heterocycles. The molecule has 2 aromatic heterocycles. The van der Waals surface area contributed by atoms with Gasteiger partial charge in [-0.3, -0.25) is 0 Å². The van der Waals surface area contributed by atoms with Crippen LogP contribution in [0, 0.1) is 6.92 Å². The molecule has 0 aliphatic heterocycles. The number of halogens is 1. The molecule has 30 heavy (non-hydrogen) atoms. The van der Waals surface area contributed by atoms with Gasteiger partial charge in [0.25, 0.3) is 0 Å². The first-order chi connectivity index (χ1) is 14.7. The minimum atomic E-state index is -0.585. The van der Waals surface area contributed by atoms with Gasteiger partial charge >= 0.3 is 0 Å².